The molecule has 1 atom stereocenters. The minimum absolute atomic E-state index is 0.00269. The van der Waals surface area contributed by atoms with Crippen molar-refractivity contribution in [2.24, 2.45) is 0 Å². The lowest BCUT2D eigenvalue weighted by Crippen LogP contribution is -2.32. The number of amides is 1. The number of Topliss-reactive ketones (excluding diaryl/α,β-unsaturated/α-hetero) is 1. The smallest absolute Gasteiger partial charge is 0.295 e. The van der Waals surface area contributed by atoms with E-state index < -0.39 is 17.7 Å². The summed E-state index contributed by atoms with van der Waals surface area (Å²) in [5, 5.41) is 20.1. The van der Waals surface area contributed by atoms with Gasteiger partial charge in [-0.15, -0.1) is 0 Å². The number of aliphatic hydroxyl groups excluding tert-OH is 2. The Hall–Kier alpha value is -3.12. The Bertz CT molecular complexity index is 860. The molecule has 0 spiro atoms. The molecule has 6 nitrogen and oxygen atoms in total. The molecule has 2 aromatic carbocycles. The van der Waals surface area contributed by atoms with Gasteiger partial charge in [-0.3, -0.25) is 9.59 Å². The third kappa shape index (κ3) is 3.07. The second-order valence-corrected chi connectivity index (χ2v) is 5.86. The summed E-state index contributed by atoms with van der Waals surface area (Å²) in [5.74, 6) is -1.19. The number of carbonyl (C=O) groups is 2. The number of carbonyl (C=O) groups excluding carboxylic acids is 2. The Morgan fingerprint density at radius 1 is 1.12 bits per heavy atom. The molecule has 2 N–H and O–H groups in total. The van der Waals surface area contributed by atoms with Crippen LogP contribution in [0.4, 0.5) is 0 Å². The van der Waals surface area contributed by atoms with Crippen LogP contribution in [0.15, 0.2) is 60.2 Å². The first kappa shape index (κ1) is 17.7. The molecule has 1 heterocycles. The number of likely N-dealkylation sites (tertiary alicyclic amines) is 1. The summed E-state index contributed by atoms with van der Waals surface area (Å²) in [6.07, 6.45) is 0. The van der Waals surface area contributed by atoms with Crippen molar-refractivity contribution in [1.29, 1.82) is 0 Å². The molecule has 6 heteroatoms. The highest BCUT2D eigenvalue weighted by atomic mass is 16.5. The lowest BCUT2D eigenvalue weighted by Gasteiger charge is -2.24. The number of hydrogen-bond acceptors (Lipinski definition) is 5. The number of rotatable bonds is 5. The summed E-state index contributed by atoms with van der Waals surface area (Å²) in [6, 6.07) is 14.8. The van der Waals surface area contributed by atoms with Gasteiger partial charge in [-0.2, -0.15) is 0 Å². The minimum Gasteiger partial charge on any atom is -0.507 e. The minimum atomic E-state index is -0.794. The van der Waals surface area contributed by atoms with Gasteiger partial charge in [0.15, 0.2) is 0 Å². The molecule has 26 heavy (non-hydrogen) atoms. The van der Waals surface area contributed by atoms with Gasteiger partial charge in [-0.05, 0) is 17.7 Å². The van der Waals surface area contributed by atoms with Crippen LogP contribution in [-0.2, 0) is 9.59 Å². The number of aliphatic hydroxyl groups is 2. The second-order valence-electron chi connectivity index (χ2n) is 5.86. The largest absolute Gasteiger partial charge is 0.507 e. The predicted octanol–water partition coefficient (Wildman–Crippen LogP) is 2.11. The zero-order valence-corrected chi connectivity index (χ0v) is 14.3. The Morgan fingerprint density at radius 2 is 1.85 bits per heavy atom. The van der Waals surface area contributed by atoms with Crippen LogP contribution in [0.3, 0.4) is 0 Å². The Labute approximate surface area is 150 Å². The van der Waals surface area contributed by atoms with Crippen molar-refractivity contribution in [3.63, 3.8) is 0 Å². The van der Waals surface area contributed by atoms with Crippen LogP contribution in [0.2, 0.25) is 0 Å². The summed E-state index contributed by atoms with van der Waals surface area (Å²) < 4.78 is 5.23. The number of hydrogen-bond donors (Lipinski definition) is 2. The highest BCUT2D eigenvalue weighted by molar-refractivity contribution is 6.46. The average molecular weight is 353 g/mol. The van der Waals surface area contributed by atoms with Gasteiger partial charge in [-0.25, -0.2) is 0 Å². The maximum Gasteiger partial charge on any atom is 0.295 e. The molecule has 1 aliphatic rings. The van der Waals surface area contributed by atoms with Crippen LogP contribution in [0.1, 0.15) is 17.2 Å². The fourth-order valence-electron chi connectivity index (χ4n) is 3.13. The molecular formula is C20H19NO5. The number of ketones is 1. The molecule has 0 saturated carbocycles. The van der Waals surface area contributed by atoms with E-state index in [2.05, 4.69) is 0 Å². The molecule has 1 amide bonds. The fourth-order valence-corrected chi connectivity index (χ4v) is 3.13. The average Bonchev–Trinajstić information content (AvgIpc) is 2.93. The van der Waals surface area contributed by atoms with E-state index in [-0.39, 0.29) is 24.5 Å². The topological polar surface area (TPSA) is 87.1 Å². The van der Waals surface area contributed by atoms with Crippen LogP contribution >= 0.6 is 0 Å². The first-order valence-corrected chi connectivity index (χ1v) is 8.17. The lowest BCUT2D eigenvalue weighted by atomic mass is 9.95. The van der Waals surface area contributed by atoms with Gasteiger partial charge in [0.2, 0.25) is 0 Å². The summed E-state index contributed by atoms with van der Waals surface area (Å²) in [6.45, 7) is -0.309. The van der Waals surface area contributed by atoms with Gasteiger partial charge in [0.1, 0.15) is 11.5 Å². The van der Waals surface area contributed by atoms with Crippen molar-refractivity contribution in [3.8, 4) is 5.75 Å². The highest BCUT2D eigenvalue weighted by Gasteiger charge is 2.45. The van der Waals surface area contributed by atoms with Crippen molar-refractivity contribution < 1.29 is 24.5 Å². The molecule has 1 aliphatic heterocycles. The number of β-amino-alcohol motifs (C(OH)–C–C–N with tert-alkyl or cyclic N) is 1. The van der Waals surface area contributed by atoms with Gasteiger partial charge in [0, 0.05) is 12.1 Å². The van der Waals surface area contributed by atoms with E-state index in [0.29, 0.717) is 16.9 Å². The van der Waals surface area contributed by atoms with Crippen LogP contribution < -0.4 is 4.74 Å². The van der Waals surface area contributed by atoms with Crippen molar-refractivity contribution in [2.45, 2.75) is 6.04 Å². The highest BCUT2D eigenvalue weighted by Crippen LogP contribution is 2.39. The van der Waals surface area contributed by atoms with E-state index in [1.165, 1.54) is 12.0 Å². The first-order chi connectivity index (χ1) is 12.6. The zero-order valence-electron chi connectivity index (χ0n) is 14.3. The van der Waals surface area contributed by atoms with Crippen LogP contribution in [0.5, 0.6) is 5.75 Å². The molecule has 0 aliphatic carbocycles. The van der Waals surface area contributed by atoms with Crippen molar-refractivity contribution in [1.82, 2.24) is 4.90 Å². The zero-order chi connectivity index (χ0) is 18.7. The Kier molecular flexibility index (Phi) is 5.04. The SMILES string of the molecule is COc1cccc([C@@H]2C(=C(O)c3ccccc3)C(=O)C(=O)N2CCO)c1. The molecule has 134 valence electrons. The molecule has 0 bridgehead atoms. The number of methoxy groups -OCH3 is 1. The lowest BCUT2D eigenvalue weighted by molar-refractivity contribution is -0.140. The number of nitrogens with zero attached hydrogens (tertiary/aromatic N) is 1. The normalized spacial score (nSPS) is 19.0. The van der Waals surface area contributed by atoms with E-state index in [1.807, 2.05) is 0 Å². The monoisotopic (exact) mass is 353 g/mol. The fraction of sp³-hybridized carbons (Fsp3) is 0.200. The summed E-state index contributed by atoms with van der Waals surface area (Å²) in [5.41, 5.74) is 1.07. The summed E-state index contributed by atoms with van der Waals surface area (Å²) in [4.78, 5) is 26.4. The quantitative estimate of drug-likeness (QED) is 0.488. The van der Waals surface area contributed by atoms with E-state index in [9.17, 15) is 19.8 Å². The molecule has 2 aromatic rings. The maximum absolute atomic E-state index is 12.6. The molecule has 3 rings (SSSR count). The van der Waals surface area contributed by atoms with E-state index in [0.717, 1.165) is 0 Å². The molecule has 1 fully saturated rings. The third-order valence-corrected chi connectivity index (χ3v) is 4.34. The van der Waals surface area contributed by atoms with E-state index in [4.69, 9.17) is 4.74 Å². The maximum atomic E-state index is 12.6. The summed E-state index contributed by atoms with van der Waals surface area (Å²) >= 11 is 0. The molecule has 0 radical (unpaired) electrons. The van der Waals surface area contributed by atoms with Gasteiger partial charge in [0.25, 0.3) is 11.7 Å². The Balaban J connectivity index is 2.19. The second kappa shape index (κ2) is 7.41. The number of ether oxygens (including phenoxy) is 1. The molecular weight excluding hydrogens is 334 g/mol. The standard InChI is InChI=1S/C20H19NO5/c1-26-15-9-5-8-14(12-15)17-16(18(23)13-6-3-2-4-7-13)19(24)20(25)21(17)10-11-22/h2-9,12,17,22-23H,10-11H2,1H3/t17-/m1/s1. The molecule has 1 saturated heterocycles. The van der Waals surface area contributed by atoms with Crippen LogP contribution in [0, 0.1) is 0 Å². The van der Waals surface area contributed by atoms with Gasteiger partial charge >= 0.3 is 0 Å². The van der Waals surface area contributed by atoms with Gasteiger partial charge < -0.3 is 19.8 Å². The molecule has 0 unspecified atom stereocenters. The first-order valence-electron chi connectivity index (χ1n) is 8.17. The van der Waals surface area contributed by atoms with Crippen LogP contribution in [0.25, 0.3) is 5.76 Å². The van der Waals surface area contributed by atoms with Crippen molar-refractivity contribution in [2.75, 3.05) is 20.3 Å². The van der Waals surface area contributed by atoms with E-state index >= 15 is 0 Å². The molecule has 0 aromatic heterocycles. The Morgan fingerprint density at radius 3 is 2.50 bits per heavy atom. The van der Waals surface area contributed by atoms with Crippen molar-refractivity contribution in [3.05, 3.63) is 71.3 Å². The summed E-state index contributed by atoms with van der Waals surface area (Å²) in [7, 11) is 1.52. The number of benzene rings is 2. The van der Waals surface area contributed by atoms with Gasteiger partial charge in [0.05, 0.1) is 25.3 Å². The van der Waals surface area contributed by atoms with Gasteiger partial charge in [-0.1, -0.05) is 42.5 Å². The van der Waals surface area contributed by atoms with Crippen LogP contribution in [-0.4, -0.2) is 47.1 Å². The van der Waals surface area contributed by atoms with Crippen molar-refractivity contribution >= 4 is 17.4 Å². The third-order valence-electron chi connectivity index (χ3n) is 4.34. The van der Waals surface area contributed by atoms with E-state index in [1.54, 1.807) is 54.6 Å². The predicted molar refractivity (Wildman–Crippen MR) is 95.5 cm³/mol.